The summed E-state index contributed by atoms with van der Waals surface area (Å²) < 4.78 is 5.08. The number of Topliss-reactive ketones (excluding diaryl/α,β-unsaturated/α-hetero) is 1. The van der Waals surface area contributed by atoms with Crippen molar-refractivity contribution in [3.05, 3.63) is 34.9 Å². The lowest BCUT2D eigenvalue weighted by molar-refractivity contribution is -0.128. The minimum Gasteiger partial charge on any atom is -0.385 e. The number of rotatable bonds is 8. The minimum atomic E-state index is -0.0701. The lowest BCUT2D eigenvalue weighted by atomic mass is 9.58. The van der Waals surface area contributed by atoms with Gasteiger partial charge in [0.1, 0.15) is 0 Å². The van der Waals surface area contributed by atoms with Crippen LogP contribution in [-0.4, -0.2) is 44.5 Å². The standard InChI is InChI=1S/C18H26ClNO2/c1-20(2)17(16(21)6-4-13-22-3)18(11-5-12-18)14-7-9-15(19)10-8-14/h7-10,17H,4-6,11-13H2,1-3H3. The first-order valence-electron chi connectivity index (χ1n) is 7.95. The molecular weight excluding hydrogens is 298 g/mol. The predicted octanol–water partition coefficient (Wildman–Crippen LogP) is 3.69. The highest BCUT2D eigenvalue weighted by Crippen LogP contribution is 2.48. The van der Waals surface area contributed by atoms with Gasteiger partial charge in [-0.25, -0.2) is 0 Å². The molecule has 1 aromatic carbocycles. The van der Waals surface area contributed by atoms with E-state index < -0.39 is 0 Å². The summed E-state index contributed by atoms with van der Waals surface area (Å²) in [4.78, 5) is 14.9. The minimum absolute atomic E-state index is 0.0573. The highest BCUT2D eigenvalue weighted by molar-refractivity contribution is 6.30. The number of likely N-dealkylation sites (N-methyl/N-ethyl adjacent to an activating group) is 1. The lowest BCUT2D eigenvalue weighted by Crippen LogP contribution is -2.56. The smallest absolute Gasteiger partial charge is 0.150 e. The van der Waals surface area contributed by atoms with Gasteiger partial charge in [-0.1, -0.05) is 30.2 Å². The van der Waals surface area contributed by atoms with E-state index in [9.17, 15) is 4.79 Å². The second kappa shape index (κ2) is 7.58. The molecule has 1 atom stereocenters. The van der Waals surface area contributed by atoms with Crippen molar-refractivity contribution in [1.29, 1.82) is 0 Å². The van der Waals surface area contributed by atoms with Crippen LogP contribution in [0.25, 0.3) is 0 Å². The third-order valence-electron chi connectivity index (χ3n) is 4.78. The van der Waals surface area contributed by atoms with Crippen molar-refractivity contribution in [1.82, 2.24) is 4.90 Å². The van der Waals surface area contributed by atoms with Crippen LogP contribution in [0.3, 0.4) is 0 Å². The molecule has 0 amide bonds. The summed E-state index contributed by atoms with van der Waals surface area (Å²) in [5.41, 5.74) is 1.18. The highest BCUT2D eigenvalue weighted by Gasteiger charge is 2.49. The zero-order chi connectivity index (χ0) is 16.2. The molecule has 0 aromatic heterocycles. The van der Waals surface area contributed by atoms with E-state index in [0.717, 1.165) is 24.3 Å². The first-order chi connectivity index (χ1) is 10.5. The largest absolute Gasteiger partial charge is 0.385 e. The molecule has 0 saturated heterocycles. The van der Waals surface area contributed by atoms with Gasteiger partial charge in [-0.3, -0.25) is 9.69 Å². The Morgan fingerprint density at radius 3 is 2.41 bits per heavy atom. The normalized spacial score (nSPS) is 18.0. The average molecular weight is 324 g/mol. The molecular formula is C18H26ClNO2. The number of carbonyl (C=O) groups excluding carboxylic acids is 1. The van der Waals surface area contributed by atoms with Crippen LogP contribution in [0.15, 0.2) is 24.3 Å². The quantitative estimate of drug-likeness (QED) is 0.683. The molecule has 2 rings (SSSR count). The zero-order valence-corrected chi connectivity index (χ0v) is 14.5. The third kappa shape index (κ3) is 3.53. The van der Waals surface area contributed by atoms with Crippen molar-refractivity contribution < 1.29 is 9.53 Å². The second-order valence-corrected chi connectivity index (χ2v) is 6.88. The molecule has 1 aromatic rings. The van der Waals surface area contributed by atoms with Gasteiger partial charge in [0.05, 0.1) is 6.04 Å². The van der Waals surface area contributed by atoms with E-state index in [4.69, 9.17) is 16.3 Å². The highest BCUT2D eigenvalue weighted by atomic mass is 35.5. The van der Waals surface area contributed by atoms with Crippen molar-refractivity contribution in [2.75, 3.05) is 27.8 Å². The van der Waals surface area contributed by atoms with Crippen molar-refractivity contribution in [2.45, 2.75) is 43.6 Å². The van der Waals surface area contributed by atoms with Gasteiger partial charge in [0.15, 0.2) is 5.78 Å². The predicted molar refractivity (Wildman–Crippen MR) is 90.6 cm³/mol. The number of ketones is 1. The SMILES string of the molecule is COCCCC(=O)C(N(C)C)C1(c2ccc(Cl)cc2)CCC1. The molecule has 1 unspecified atom stereocenters. The van der Waals surface area contributed by atoms with Crippen LogP contribution in [0.1, 0.15) is 37.7 Å². The lowest BCUT2D eigenvalue weighted by Gasteiger charge is -2.50. The van der Waals surface area contributed by atoms with Gasteiger partial charge in [-0.05, 0) is 51.1 Å². The molecule has 0 N–H and O–H groups in total. The summed E-state index contributed by atoms with van der Waals surface area (Å²) in [6, 6.07) is 7.96. The molecule has 22 heavy (non-hydrogen) atoms. The van der Waals surface area contributed by atoms with Gasteiger partial charge >= 0.3 is 0 Å². The molecule has 0 spiro atoms. The first-order valence-corrected chi connectivity index (χ1v) is 8.33. The summed E-state index contributed by atoms with van der Waals surface area (Å²) in [5, 5.41) is 0.742. The Balaban J connectivity index is 2.24. The molecule has 122 valence electrons. The maximum absolute atomic E-state index is 12.8. The van der Waals surface area contributed by atoms with Crippen LogP contribution < -0.4 is 0 Å². The van der Waals surface area contributed by atoms with Gasteiger partial charge in [0.2, 0.25) is 0 Å². The number of nitrogens with zero attached hydrogens (tertiary/aromatic N) is 1. The van der Waals surface area contributed by atoms with Gasteiger partial charge in [0, 0.05) is 30.6 Å². The van der Waals surface area contributed by atoms with E-state index in [1.54, 1.807) is 7.11 Å². The van der Waals surface area contributed by atoms with E-state index in [1.807, 2.05) is 26.2 Å². The fourth-order valence-corrected chi connectivity index (χ4v) is 3.80. The number of hydrogen-bond acceptors (Lipinski definition) is 3. The average Bonchev–Trinajstić information content (AvgIpc) is 2.43. The molecule has 1 aliphatic carbocycles. The van der Waals surface area contributed by atoms with E-state index in [1.165, 1.54) is 12.0 Å². The van der Waals surface area contributed by atoms with Gasteiger partial charge in [-0.2, -0.15) is 0 Å². The number of hydrogen-bond donors (Lipinski definition) is 0. The molecule has 3 nitrogen and oxygen atoms in total. The fraction of sp³-hybridized carbons (Fsp3) is 0.611. The Bertz CT molecular complexity index is 494. The topological polar surface area (TPSA) is 29.5 Å². The Morgan fingerprint density at radius 2 is 1.95 bits per heavy atom. The van der Waals surface area contributed by atoms with E-state index in [0.29, 0.717) is 18.8 Å². The summed E-state index contributed by atoms with van der Waals surface area (Å²) in [5.74, 6) is 0.316. The van der Waals surface area contributed by atoms with Crippen LogP contribution in [0.2, 0.25) is 5.02 Å². The Hall–Kier alpha value is -0.900. The summed E-state index contributed by atoms with van der Waals surface area (Å²) >= 11 is 6.02. The number of methoxy groups -OCH3 is 1. The molecule has 1 aliphatic rings. The van der Waals surface area contributed by atoms with Gasteiger partial charge in [-0.15, -0.1) is 0 Å². The van der Waals surface area contributed by atoms with Crippen LogP contribution in [0.4, 0.5) is 0 Å². The van der Waals surface area contributed by atoms with Crippen LogP contribution >= 0.6 is 11.6 Å². The Kier molecular flexibility index (Phi) is 6.01. The Labute approximate surface area is 138 Å². The van der Waals surface area contributed by atoms with E-state index in [-0.39, 0.29) is 11.5 Å². The molecule has 0 radical (unpaired) electrons. The van der Waals surface area contributed by atoms with Gasteiger partial charge < -0.3 is 4.74 Å². The second-order valence-electron chi connectivity index (χ2n) is 6.45. The van der Waals surface area contributed by atoms with Crippen molar-refractivity contribution >= 4 is 17.4 Å². The van der Waals surface area contributed by atoms with Crippen LogP contribution in [-0.2, 0) is 14.9 Å². The summed E-state index contributed by atoms with van der Waals surface area (Å²) in [6.07, 6.45) is 4.67. The molecule has 1 saturated carbocycles. The third-order valence-corrected chi connectivity index (χ3v) is 5.03. The van der Waals surface area contributed by atoms with Crippen molar-refractivity contribution in [3.8, 4) is 0 Å². The maximum Gasteiger partial charge on any atom is 0.150 e. The first kappa shape index (κ1) is 17.5. The van der Waals surface area contributed by atoms with Crippen LogP contribution in [0, 0.1) is 0 Å². The fourth-order valence-electron chi connectivity index (χ4n) is 3.68. The Morgan fingerprint density at radius 1 is 1.32 bits per heavy atom. The summed E-state index contributed by atoms with van der Waals surface area (Å²) in [6.45, 7) is 0.639. The van der Waals surface area contributed by atoms with Crippen molar-refractivity contribution in [2.24, 2.45) is 0 Å². The number of ether oxygens (including phenoxy) is 1. The van der Waals surface area contributed by atoms with Crippen LogP contribution in [0.5, 0.6) is 0 Å². The molecule has 1 fully saturated rings. The molecule has 0 heterocycles. The maximum atomic E-state index is 12.8. The van der Waals surface area contributed by atoms with Crippen molar-refractivity contribution in [3.63, 3.8) is 0 Å². The summed E-state index contributed by atoms with van der Waals surface area (Å²) in [7, 11) is 5.69. The number of halogens is 1. The van der Waals surface area contributed by atoms with E-state index in [2.05, 4.69) is 17.0 Å². The monoisotopic (exact) mass is 323 g/mol. The number of carbonyl (C=O) groups is 1. The van der Waals surface area contributed by atoms with E-state index >= 15 is 0 Å². The van der Waals surface area contributed by atoms with Gasteiger partial charge in [0.25, 0.3) is 0 Å². The zero-order valence-electron chi connectivity index (χ0n) is 13.8. The molecule has 0 aliphatic heterocycles. The molecule has 4 heteroatoms. The molecule has 0 bridgehead atoms. The number of benzene rings is 1.